The van der Waals surface area contributed by atoms with E-state index in [1.165, 1.54) is 12.1 Å². The molecule has 0 amide bonds. The van der Waals surface area contributed by atoms with E-state index in [-0.39, 0.29) is 11.4 Å². The molecule has 1 aliphatic heterocycles. The number of nitro benzene ring substituents is 1. The van der Waals surface area contributed by atoms with Crippen molar-refractivity contribution in [2.24, 2.45) is 4.99 Å². The fourth-order valence-electron chi connectivity index (χ4n) is 3.21. The summed E-state index contributed by atoms with van der Waals surface area (Å²) in [5, 5.41) is 10.8. The first-order valence-electron chi connectivity index (χ1n) is 9.76. The van der Waals surface area contributed by atoms with E-state index in [9.17, 15) is 14.5 Å². The summed E-state index contributed by atoms with van der Waals surface area (Å²) in [5.74, 6) is 0.605. The third-order valence-electron chi connectivity index (χ3n) is 4.81. The van der Waals surface area contributed by atoms with Crippen LogP contribution in [0.4, 0.5) is 15.8 Å². The number of benzene rings is 3. The predicted octanol–water partition coefficient (Wildman–Crippen LogP) is 5.54. The average Bonchev–Trinajstić information content (AvgIpc) is 3.00. The number of halogens is 1. The van der Waals surface area contributed by atoms with Crippen LogP contribution in [0.2, 0.25) is 0 Å². The van der Waals surface area contributed by atoms with Crippen LogP contribution in [0.25, 0.3) is 0 Å². The summed E-state index contributed by atoms with van der Waals surface area (Å²) in [4.78, 5) is 14.6. The molecule has 162 valence electrons. The van der Waals surface area contributed by atoms with Crippen LogP contribution in [0.3, 0.4) is 0 Å². The van der Waals surface area contributed by atoms with Gasteiger partial charge in [-0.25, -0.2) is 4.39 Å². The number of non-ortho nitro benzene ring substituents is 1. The Hall–Kier alpha value is -4.20. The fourth-order valence-corrected chi connectivity index (χ4v) is 3.21. The minimum absolute atomic E-state index is 0.103. The predicted molar refractivity (Wildman–Crippen MR) is 117 cm³/mol. The molecule has 7 nitrogen and oxygen atoms in total. The van der Waals surface area contributed by atoms with Crippen molar-refractivity contribution in [3.63, 3.8) is 0 Å². The summed E-state index contributed by atoms with van der Waals surface area (Å²) in [5.41, 5.74) is 2.16. The SMILES string of the molecule is COc1cc2c(cc1OCc1ccccc1)N=CC=C(Oc1ccc([N+](=O)[O-])cc1F)C2. The van der Waals surface area contributed by atoms with E-state index in [0.29, 0.717) is 36.0 Å². The highest BCUT2D eigenvalue weighted by atomic mass is 19.1. The second kappa shape index (κ2) is 9.30. The van der Waals surface area contributed by atoms with E-state index in [4.69, 9.17) is 14.2 Å². The number of nitro groups is 1. The molecule has 0 aliphatic carbocycles. The molecule has 0 N–H and O–H groups in total. The number of nitrogens with zero attached hydrogens (tertiary/aromatic N) is 2. The largest absolute Gasteiger partial charge is 0.493 e. The molecule has 1 heterocycles. The van der Waals surface area contributed by atoms with Gasteiger partial charge in [-0.15, -0.1) is 0 Å². The van der Waals surface area contributed by atoms with Crippen LogP contribution in [0.5, 0.6) is 17.2 Å². The first-order chi connectivity index (χ1) is 15.5. The zero-order chi connectivity index (χ0) is 22.5. The number of rotatable bonds is 7. The van der Waals surface area contributed by atoms with E-state index in [1.807, 2.05) is 36.4 Å². The van der Waals surface area contributed by atoms with Crippen LogP contribution in [0.1, 0.15) is 11.1 Å². The lowest BCUT2D eigenvalue weighted by molar-refractivity contribution is -0.385. The summed E-state index contributed by atoms with van der Waals surface area (Å²) in [7, 11) is 1.55. The van der Waals surface area contributed by atoms with Crippen molar-refractivity contribution in [2.75, 3.05) is 7.11 Å². The van der Waals surface area contributed by atoms with Crippen molar-refractivity contribution in [1.29, 1.82) is 0 Å². The molecule has 0 saturated heterocycles. The molecule has 0 aromatic heterocycles. The van der Waals surface area contributed by atoms with Crippen LogP contribution in [0.15, 0.2) is 77.5 Å². The number of ether oxygens (including phenoxy) is 3. The lowest BCUT2D eigenvalue weighted by atomic mass is 10.1. The smallest absolute Gasteiger partial charge is 0.272 e. The standard InChI is InChI=1S/C24H19FN2O5/c1-30-23-12-17-11-19(32-22-8-7-18(27(28)29)13-20(22)25)9-10-26-21(17)14-24(23)31-15-16-5-3-2-4-6-16/h2-10,12-14H,11,15H2,1H3. The van der Waals surface area contributed by atoms with Gasteiger partial charge in [0.1, 0.15) is 12.4 Å². The molecular formula is C24H19FN2O5. The highest BCUT2D eigenvalue weighted by Crippen LogP contribution is 2.37. The molecule has 3 aromatic carbocycles. The van der Waals surface area contributed by atoms with Crippen molar-refractivity contribution in [3.05, 3.63) is 99.6 Å². The van der Waals surface area contributed by atoms with Crippen LogP contribution in [-0.4, -0.2) is 18.2 Å². The van der Waals surface area contributed by atoms with Crippen LogP contribution < -0.4 is 14.2 Å². The van der Waals surface area contributed by atoms with Gasteiger partial charge >= 0.3 is 0 Å². The number of fused-ring (bicyclic) bond motifs is 1. The van der Waals surface area contributed by atoms with E-state index < -0.39 is 10.7 Å². The molecular weight excluding hydrogens is 415 g/mol. The third-order valence-corrected chi connectivity index (χ3v) is 4.81. The summed E-state index contributed by atoms with van der Waals surface area (Å²) in [6.07, 6.45) is 3.50. The topological polar surface area (TPSA) is 83.2 Å². The number of hydrogen-bond acceptors (Lipinski definition) is 6. The van der Waals surface area contributed by atoms with Gasteiger partial charge in [-0.2, -0.15) is 0 Å². The molecule has 0 atom stereocenters. The fraction of sp³-hybridized carbons (Fsp3) is 0.125. The molecule has 3 aromatic rings. The average molecular weight is 434 g/mol. The Morgan fingerprint density at radius 2 is 1.88 bits per heavy atom. The van der Waals surface area contributed by atoms with Crippen LogP contribution >= 0.6 is 0 Å². The molecule has 0 bridgehead atoms. The number of aliphatic imine (C=N–C) groups is 1. The summed E-state index contributed by atoms with van der Waals surface area (Å²) in [6.45, 7) is 0.381. The summed E-state index contributed by atoms with van der Waals surface area (Å²) >= 11 is 0. The first kappa shape index (κ1) is 21.0. The Morgan fingerprint density at radius 3 is 2.59 bits per heavy atom. The number of hydrogen-bond donors (Lipinski definition) is 0. The maximum atomic E-state index is 14.2. The second-order valence-corrected chi connectivity index (χ2v) is 6.97. The molecule has 0 saturated carbocycles. The maximum absolute atomic E-state index is 14.2. The van der Waals surface area contributed by atoms with Gasteiger partial charge in [0.05, 0.1) is 23.8 Å². The Balaban J connectivity index is 1.53. The van der Waals surface area contributed by atoms with Crippen LogP contribution in [0, 0.1) is 15.9 Å². The molecule has 0 radical (unpaired) electrons. The molecule has 32 heavy (non-hydrogen) atoms. The molecule has 0 fully saturated rings. The lowest BCUT2D eigenvalue weighted by Crippen LogP contribution is -2.03. The van der Waals surface area contributed by atoms with Gasteiger partial charge in [-0.05, 0) is 29.3 Å². The minimum atomic E-state index is -0.816. The molecule has 4 rings (SSSR count). The highest BCUT2D eigenvalue weighted by molar-refractivity contribution is 5.78. The van der Waals surface area contributed by atoms with Gasteiger partial charge in [0.2, 0.25) is 0 Å². The van der Waals surface area contributed by atoms with Crippen molar-refractivity contribution >= 4 is 17.6 Å². The Morgan fingerprint density at radius 1 is 1.06 bits per heavy atom. The van der Waals surface area contributed by atoms with E-state index >= 15 is 0 Å². The van der Waals surface area contributed by atoms with Crippen molar-refractivity contribution in [3.8, 4) is 17.2 Å². The second-order valence-electron chi connectivity index (χ2n) is 6.97. The maximum Gasteiger partial charge on any atom is 0.272 e. The van der Waals surface area contributed by atoms with Gasteiger partial charge in [-0.3, -0.25) is 15.1 Å². The molecule has 0 unspecified atom stereocenters. The summed E-state index contributed by atoms with van der Waals surface area (Å²) < 4.78 is 31.3. The zero-order valence-electron chi connectivity index (χ0n) is 17.2. The monoisotopic (exact) mass is 434 g/mol. The van der Waals surface area contributed by atoms with Crippen molar-refractivity contribution in [1.82, 2.24) is 0 Å². The van der Waals surface area contributed by atoms with Gasteiger partial charge in [0.15, 0.2) is 23.1 Å². The third kappa shape index (κ3) is 4.75. The highest BCUT2D eigenvalue weighted by Gasteiger charge is 2.18. The number of allylic oxidation sites excluding steroid dienone is 2. The Kier molecular flexibility index (Phi) is 6.12. The van der Waals surface area contributed by atoms with Gasteiger partial charge in [0.25, 0.3) is 5.69 Å². The van der Waals surface area contributed by atoms with E-state index in [2.05, 4.69) is 4.99 Å². The van der Waals surface area contributed by atoms with Gasteiger partial charge in [0, 0.05) is 24.8 Å². The number of methoxy groups -OCH3 is 1. The van der Waals surface area contributed by atoms with Crippen LogP contribution in [-0.2, 0) is 13.0 Å². The zero-order valence-corrected chi connectivity index (χ0v) is 17.2. The Bertz CT molecular complexity index is 1210. The minimum Gasteiger partial charge on any atom is -0.493 e. The molecule has 8 heteroatoms. The van der Waals surface area contributed by atoms with Gasteiger partial charge in [-0.1, -0.05) is 30.3 Å². The lowest BCUT2D eigenvalue weighted by Gasteiger charge is -2.15. The summed E-state index contributed by atoms with van der Waals surface area (Å²) in [6, 6.07) is 16.6. The van der Waals surface area contributed by atoms with Gasteiger partial charge < -0.3 is 14.2 Å². The molecule has 0 spiro atoms. The first-order valence-corrected chi connectivity index (χ1v) is 9.76. The van der Waals surface area contributed by atoms with E-state index in [1.54, 1.807) is 25.5 Å². The normalized spacial score (nSPS) is 12.4. The Labute approximate surface area is 183 Å². The quantitative estimate of drug-likeness (QED) is 0.360. The van der Waals surface area contributed by atoms with E-state index in [0.717, 1.165) is 17.2 Å². The van der Waals surface area contributed by atoms with Crippen molar-refractivity contribution in [2.45, 2.75) is 13.0 Å². The molecule has 1 aliphatic rings. The van der Waals surface area contributed by atoms with Crippen molar-refractivity contribution < 1.29 is 23.5 Å².